The first-order valence-corrected chi connectivity index (χ1v) is 12.9. The number of carbonyl (C=O) groups is 4. The molecule has 1 aromatic heterocycles. The highest BCUT2D eigenvalue weighted by Crippen LogP contribution is 2.17. The van der Waals surface area contributed by atoms with Crippen LogP contribution in [0.5, 0.6) is 5.75 Å². The topological polar surface area (TPSA) is 130 Å². The molecule has 0 aliphatic carbocycles. The van der Waals surface area contributed by atoms with Gasteiger partial charge in [-0.25, -0.2) is 4.98 Å². The van der Waals surface area contributed by atoms with Crippen molar-refractivity contribution in [2.45, 2.75) is 45.6 Å². The van der Waals surface area contributed by atoms with Gasteiger partial charge in [-0.2, -0.15) is 0 Å². The molecule has 0 radical (unpaired) electrons. The number of hydrogen-bond acceptors (Lipinski definition) is 7. The van der Waals surface area contributed by atoms with Crippen LogP contribution in [-0.2, 0) is 20.8 Å². The van der Waals surface area contributed by atoms with E-state index in [0.29, 0.717) is 41.6 Å². The molecule has 4 amide bonds. The Morgan fingerprint density at radius 3 is 2.64 bits per heavy atom. The van der Waals surface area contributed by atoms with E-state index in [2.05, 4.69) is 20.9 Å². The normalized spacial score (nSPS) is 15.6. The first-order chi connectivity index (χ1) is 17.2. The largest absolute Gasteiger partial charge is 0.497 e. The summed E-state index contributed by atoms with van der Waals surface area (Å²) < 4.78 is 5.14. The number of ether oxygens (including phenoxy) is 1. The molecule has 36 heavy (non-hydrogen) atoms. The van der Waals surface area contributed by atoms with Gasteiger partial charge in [0.1, 0.15) is 18.3 Å². The fourth-order valence-electron chi connectivity index (χ4n) is 3.84. The first-order valence-electron chi connectivity index (χ1n) is 12.0. The molecule has 0 saturated carbocycles. The SMILES string of the molecule is COc1ccc(C(=O)N(CC(=O)Nc2nc(CC(=O)NC3CCCCNC3=O)cs2)CC(C)C)cc1. The molecule has 11 heteroatoms. The summed E-state index contributed by atoms with van der Waals surface area (Å²) in [6.45, 7) is 4.86. The van der Waals surface area contributed by atoms with Gasteiger partial charge in [0.15, 0.2) is 5.13 Å². The van der Waals surface area contributed by atoms with Crippen molar-refractivity contribution < 1.29 is 23.9 Å². The van der Waals surface area contributed by atoms with Gasteiger partial charge in [-0.1, -0.05) is 13.8 Å². The fourth-order valence-corrected chi connectivity index (χ4v) is 4.57. The van der Waals surface area contributed by atoms with Gasteiger partial charge < -0.3 is 25.6 Å². The molecular weight excluding hydrogens is 482 g/mol. The van der Waals surface area contributed by atoms with Crippen LogP contribution in [0, 0.1) is 5.92 Å². The fraction of sp³-hybridized carbons (Fsp3) is 0.480. The van der Waals surface area contributed by atoms with Crippen molar-refractivity contribution in [2.24, 2.45) is 5.92 Å². The molecule has 1 saturated heterocycles. The third-order valence-corrected chi connectivity index (χ3v) is 6.36. The summed E-state index contributed by atoms with van der Waals surface area (Å²) in [6.07, 6.45) is 2.38. The second-order valence-electron chi connectivity index (χ2n) is 9.08. The van der Waals surface area contributed by atoms with Crippen LogP contribution in [-0.4, -0.2) is 66.3 Å². The predicted octanol–water partition coefficient (Wildman–Crippen LogP) is 2.22. The minimum atomic E-state index is -0.534. The van der Waals surface area contributed by atoms with Gasteiger partial charge >= 0.3 is 0 Å². The van der Waals surface area contributed by atoms with Crippen molar-refractivity contribution in [2.75, 3.05) is 32.1 Å². The molecule has 3 rings (SSSR count). The summed E-state index contributed by atoms with van der Waals surface area (Å²) in [5.74, 6) is -0.278. The maximum atomic E-state index is 13.0. The van der Waals surface area contributed by atoms with E-state index in [9.17, 15) is 19.2 Å². The Bertz CT molecular complexity index is 1070. The zero-order valence-electron chi connectivity index (χ0n) is 20.8. The number of aromatic nitrogens is 1. The molecular formula is C25H33N5O5S. The second kappa shape index (κ2) is 13.0. The number of carbonyl (C=O) groups excluding carboxylic acids is 4. The molecule has 1 aliphatic rings. The van der Waals surface area contributed by atoms with Gasteiger partial charge in [0.05, 0.1) is 19.2 Å². The summed E-state index contributed by atoms with van der Waals surface area (Å²) in [6, 6.07) is 6.21. The lowest BCUT2D eigenvalue weighted by Crippen LogP contribution is -2.46. The van der Waals surface area contributed by atoms with Gasteiger partial charge in [-0.3, -0.25) is 19.2 Å². The molecule has 1 unspecified atom stereocenters. The number of methoxy groups -OCH3 is 1. The van der Waals surface area contributed by atoms with Crippen LogP contribution in [0.4, 0.5) is 5.13 Å². The lowest BCUT2D eigenvalue weighted by Gasteiger charge is -2.24. The molecule has 10 nitrogen and oxygen atoms in total. The van der Waals surface area contributed by atoms with Crippen molar-refractivity contribution >= 4 is 40.1 Å². The van der Waals surface area contributed by atoms with E-state index in [1.807, 2.05) is 13.8 Å². The van der Waals surface area contributed by atoms with E-state index in [1.165, 1.54) is 16.2 Å². The summed E-state index contributed by atoms with van der Waals surface area (Å²) in [5, 5.41) is 10.3. The Morgan fingerprint density at radius 1 is 1.19 bits per heavy atom. The van der Waals surface area contributed by atoms with E-state index in [0.717, 1.165) is 12.8 Å². The number of amides is 4. The summed E-state index contributed by atoms with van der Waals surface area (Å²) in [7, 11) is 1.55. The number of thiazole rings is 1. The summed E-state index contributed by atoms with van der Waals surface area (Å²) in [4.78, 5) is 56.0. The zero-order chi connectivity index (χ0) is 26.1. The average Bonchev–Trinajstić information content (AvgIpc) is 3.17. The zero-order valence-corrected chi connectivity index (χ0v) is 21.7. The molecule has 0 bridgehead atoms. The number of hydrogen-bond donors (Lipinski definition) is 3. The maximum Gasteiger partial charge on any atom is 0.254 e. The molecule has 2 aromatic rings. The Labute approximate surface area is 214 Å². The van der Waals surface area contributed by atoms with Crippen LogP contribution >= 0.6 is 11.3 Å². The van der Waals surface area contributed by atoms with Crippen LogP contribution in [0.3, 0.4) is 0 Å². The third kappa shape index (κ3) is 8.04. The van der Waals surface area contributed by atoms with Crippen molar-refractivity contribution in [3.05, 3.63) is 40.9 Å². The minimum Gasteiger partial charge on any atom is -0.497 e. The quantitative estimate of drug-likeness (QED) is 0.445. The molecule has 3 N–H and O–H groups in total. The van der Waals surface area contributed by atoms with Crippen LogP contribution in [0.1, 0.15) is 49.2 Å². The van der Waals surface area contributed by atoms with Crippen molar-refractivity contribution in [3.8, 4) is 5.75 Å². The highest BCUT2D eigenvalue weighted by Gasteiger charge is 2.23. The first kappa shape index (κ1) is 27.1. The van der Waals surface area contributed by atoms with Crippen LogP contribution in [0.25, 0.3) is 0 Å². The van der Waals surface area contributed by atoms with Gasteiger partial charge in [-0.15, -0.1) is 11.3 Å². The van der Waals surface area contributed by atoms with E-state index in [1.54, 1.807) is 36.8 Å². The molecule has 0 spiro atoms. The Kier molecular flexibility index (Phi) is 9.80. The van der Waals surface area contributed by atoms with Crippen LogP contribution in [0.2, 0.25) is 0 Å². The van der Waals surface area contributed by atoms with E-state index in [4.69, 9.17) is 4.74 Å². The van der Waals surface area contributed by atoms with Crippen LogP contribution < -0.4 is 20.7 Å². The molecule has 1 aromatic carbocycles. The lowest BCUT2D eigenvalue weighted by atomic mass is 10.1. The number of nitrogens with zero attached hydrogens (tertiary/aromatic N) is 2. The smallest absolute Gasteiger partial charge is 0.254 e. The Morgan fingerprint density at radius 2 is 1.94 bits per heavy atom. The Balaban J connectivity index is 1.55. The summed E-state index contributed by atoms with van der Waals surface area (Å²) in [5.41, 5.74) is 0.962. The molecule has 1 atom stereocenters. The maximum absolute atomic E-state index is 13.0. The van der Waals surface area contributed by atoms with Gasteiger partial charge in [-0.05, 0) is 49.4 Å². The number of nitrogens with one attached hydrogen (secondary N) is 3. The summed E-state index contributed by atoms with van der Waals surface area (Å²) >= 11 is 1.20. The average molecular weight is 516 g/mol. The molecule has 2 heterocycles. The number of anilines is 1. The minimum absolute atomic E-state index is 0.00554. The van der Waals surface area contributed by atoms with Gasteiger partial charge in [0.25, 0.3) is 5.91 Å². The second-order valence-corrected chi connectivity index (χ2v) is 9.94. The van der Waals surface area contributed by atoms with Crippen molar-refractivity contribution in [1.29, 1.82) is 0 Å². The standard InChI is InChI=1S/C25H33N5O5S/c1-16(2)13-30(24(34)17-7-9-19(35-3)10-8-17)14-22(32)29-25-27-18(15-36-25)12-21(31)28-20-6-4-5-11-26-23(20)33/h7-10,15-16,20H,4-6,11-14H2,1-3H3,(H,26,33)(H,28,31)(H,27,29,32). The van der Waals surface area contributed by atoms with Crippen molar-refractivity contribution in [1.82, 2.24) is 20.5 Å². The Hall–Kier alpha value is -3.47. The molecule has 1 fully saturated rings. The number of rotatable bonds is 10. The van der Waals surface area contributed by atoms with E-state index in [-0.39, 0.29) is 42.5 Å². The highest BCUT2D eigenvalue weighted by atomic mass is 32.1. The molecule has 194 valence electrons. The molecule has 1 aliphatic heterocycles. The van der Waals surface area contributed by atoms with E-state index < -0.39 is 6.04 Å². The van der Waals surface area contributed by atoms with E-state index >= 15 is 0 Å². The van der Waals surface area contributed by atoms with Gasteiger partial charge in [0, 0.05) is 24.0 Å². The predicted molar refractivity (Wildman–Crippen MR) is 137 cm³/mol. The van der Waals surface area contributed by atoms with Crippen molar-refractivity contribution in [3.63, 3.8) is 0 Å². The van der Waals surface area contributed by atoms with Crippen LogP contribution in [0.15, 0.2) is 29.6 Å². The number of benzene rings is 1. The third-order valence-electron chi connectivity index (χ3n) is 5.55. The highest BCUT2D eigenvalue weighted by molar-refractivity contribution is 7.13. The monoisotopic (exact) mass is 515 g/mol. The lowest BCUT2D eigenvalue weighted by molar-refractivity contribution is -0.128. The van der Waals surface area contributed by atoms with Gasteiger partial charge in [0.2, 0.25) is 17.7 Å².